The smallest absolute Gasteiger partial charge is 0.497 e. The van der Waals surface area contributed by atoms with E-state index in [0.717, 1.165) is 56.2 Å². The van der Waals surface area contributed by atoms with Gasteiger partial charge in [-0.25, -0.2) is 4.79 Å². The molecule has 0 aliphatic carbocycles. The minimum absolute atomic E-state index is 0.351. The molecule has 0 amide bonds. The third-order valence-corrected chi connectivity index (χ3v) is 10.4. The molecule has 60 heavy (non-hydrogen) atoms. The lowest BCUT2D eigenvalue weighted by Gasteiger charge is -2.26. The number of carbonyl (C=O) groups is 2. The predicted octanol–water partition coefficient (Wildman–Crippen LogP) is 13.2. The van der Waals surface area contributed by atoms with Crippen LogP contribution in [0.25, 0.3) is 11.6 Å². The molecule has 0 heterocycles. The summed E-state index contributed by atoms with van der Waals surface area (Å²) in [6.07, 6.45) is 1.31. The van der Waals surface area contributed by atoms with Crippen LogP contribution in [0.5, 0.6) is 23.0 Å². The molecule has 0 aliphatic rings. The molecule has 0 atom stereocenters. The quantitative estimate of drug-likeness (QED) is 0.0528. The van der Waals surface area contributed by atoms with Crippen LogP contribution in [0.15, 0.2) is 170 Å². The summed E-state index contributed by atoms with van der Waals surface area (Å²) in [5, 5.41) is 0. The summed E-state index contributed by atoms with van der Waals surface area (Å²) >= 11 is 0. The molecule has 0 saturated heterocycles. The van der Waals surface area contributed by atoms with Gasteiger partial charge in [-0.3, -0.25) is 4.79 Å². The number of methoxy groups -OCH3 is 1. The summed E-state index contributed by atoms with van der Waals surface area (Å²) in [5.74, 6) is 1.61. The van der Waals surface area contributed by atoms with Crippen molar-refractivity contribution in [2.75, 3.05) is 12.0 Å². The van der Waals surface area contributed by atoms with Gasteiger partial charge in [0.25, 0.3) is 0 Å². The van der Waals surface area contributed by atoms with E-state index in [2.05, 4.69) is 111 Å². The second kappa shape index (κ2) is 18.0. The highest BCUT2D eigenvalue weighted by Gasteiger charge is 2.24. The molecule has 0 aromatic heterocycles. The van der Waals surface area contributed by atoms with Gasteiger partial charge < -0.3 is 23.8 Å². The largest absolute Gasteiger partial charge is 0.519 e. The summed E-state index contributed by atoms with van der Waals surface area (Å²) in [5.41, 5.74) is 11.3. The highest BCUT2D eigenvalue weighted by molar-refractivity contribution is 5.92. The average Bonchev–Trinajstić information content (AvgIpc) is 3.25. The zero-order valence-corrected chi connectivity index (χ0v) is 34.6. The Morgan fingerprint density at radius 3 is 1.25 bits per heavy atom. The van der Waals surface area contributed by atoms with Crippen LogP contribution in [-0.2, 0) is 10.2 Å². The first kappa shape index (κ1) is 40.8. The Kier molecular flexibility index (Phi) is 12.3. The van der Waals surface area contributed by atoms with Crippen molar-refractivity contribution < 1.29 is 28.5 Å². The van der Waals surface area contributed by atoms with Crippen molar-refractivity contribution in [3.8, 4) is 23.0 Å². The van der Waals surface area contributed by atoms with Gasteiger partial charge in [0.2, 0.25) is 0 Å². The second-order valence-corrected chi connectivity index (χ2v) is 15.1. The topological polar surface area (TPSA) is 74.3 Å². The zero-order valence-electron chi connectivity index (χ0n) is 34.6. The van der Waals surface area contributed by atoms with Crippen LogP contribution in [0.2, 0.25) is 0 Å². The maximum Gasteiger partial charge on any atom is 0.519 e. The molecule has 0 spiro atoms. The number of hydrogen-bond acceptors (Lipinski definition) is 7. The van der Waals surface area contributed by atoms with Gasteiger partial charge in [0.1, 0.15) is 23.0 Å². The SMILES string of the molecule is COc1ccc(C(=Cc2ccc(N(c3ccc(C)cc3)c3ccc(C)cc3)cc2)c2ccc(OC(=O)Oc3ccc(C(C)(C)c4ccc(OC(C)=O)cc4)cc3)cc2)cc1. The van der Waals surface area contributed by atoms with Crippen LogP contribution in [0.4, 0.5) is 21.9 Å². The van der Waals surface area contributed by atoms with E-state index in [0.29, 0.717) is 17.2 Å². The summed E-state index contributed by atoms with van der Waals surface area (Å²) < 4.78 is 21.8. The lowest BCUT2D eigenvalue weighted by atomic mass is 9.78. The van der Waals surface area contributed by atoms with Crippen molar-refractivity contribution in [2.45, 2.75) is 40.0 Å². The second-order valence-electron chi connectivity index (χ2n) is 15.1. The Labute approximate surface area is 352 Å². The molecule has 7 rings (SSSR count). The van der Waals surface area contributed by atoms with Crippen molar-refractivity contribution in [1.29, 1.82) is 0 Å². The Balaban J connectivity index is 1.08. The Bertz CT molecular complexity index is 2530. The molecule has 300 valence electrons. The minimum Gasteiger partial charge on any atom is -0.497 e. The molecular formula is C53H47NO6. The molecule has 0 unspecified atom stereocenters. The summed E-state index contributed by atoms with van der Waals surface area (Å²) in [6, 6.07) is 55.7. The van der Waals surface area contributed by atoms with E-state index in [1.165, 1.54) is 18.1 Å². The van der Waals surface area contributed by atoms with Gasteiger partial charge in [-0.15, -0.1) is 0 Å². The molecule has 0 radical (unpaired) electrons. The number of hydrogen-bond donors (Lipinski definition) is 0. The van der Waals surface area contributed by atoms with Crippen molar-refractivity contribution in [3.05, 3.63) is 209 Å². The summed E-state index contributed by atoms with van der Waals surface area (Å²) in [4.78, 5) is 26.5. The lowest BCUT2D eigenvalue weighted by molar-refractivity contribution is -0.131. The number of nitrogens with zero attached hydrogens (tertiary/aromatic N) is 1. The van der Waals surface area contributed by atoms with Crippen molar-refractivity contribution in [1.82, 2.24) is 0 Å². The van der Waals surface area contributed by atoms with E-state index in [1.54, 1.807) is 43.5 Å². The molecule has 0 aliphatic heterocycles. The van der Waals surface area contributed by atoms with Gasteiger partial charge in [-0.1, -0.05) is 110 Å². The molecule has 0 saturated carbocycles. The number of esters is 1. The van der Waals surface area contributed by atoms with Crippen LogP contribution in [0.1, 0.15) is 59.7 Å². The number of benzene rings is 7. The molecule has 7 aromatic carbocycles. The molecule has 7 aromatic rings. The Morgan fingerprint density at radius 1 is 0.483 bits per heavy atom. The molecule has 7 nitrogen and oxygen atoms in total. The highest BCUT2D eigenvalue weighted by atomic mass is 16.7. The first-order valence-electron chi connectivity index (χ1n) is 19.7. The van der Waals surface area contributed by atoms with E-state index in [4.69, 9.17) is 18.9 Å². The maximum absolute atomic E-state index is 12.9. The van der Waals surface area contributed by atoms with Crippen LogP contribution in [-0.4, -0.2) is 19.2 Å². The van der Waals surface area contributed by atoms with Crippen LogP contribution < -0.4 is 23.8 Å². The molecular weight excluding hydrogens is 747 g/mol. The number of rotatable bonds is 12. The van der Waals surface area contributed by atoms with Crippen molar-refractivity contribution in [2.24, 2.45) is 0 Å². The number of anilines is 3. The minimum atomic E-state index is -0.841. The van der Waals surface area contributed by atoms with Gasteiger partial charge >= 0.3 is 12.1 Å². The lowest BCUT2D eigenvalue weighted by Crippen LogP contribution is -2.19. The van der Waals surface area contributed by atoms with E-state index < -0.39 is 6.16 Å². The van der Waals surface area contributed by atoms with Gasteiger partial charge in [0.05, 0.1) is 7.11 Å². The van der Waals surface area contributed by atoms with Crippen LogP contribution >= 0.6 is 0 Å². The van der Waals surface area contributed by atoms with E-state index in [-0.39, 0.29) is 11.4 Å². The molecule has 0 N–H and O–H groups in total. The fourth-order valence-electron chi connectivity index (χ4n) is 6.95. The standard InChI is InChI=1S/C53H47NO6/c1-36-7-21-44(22-8-36)54(45-23-9-37(2)10-24-45)46-25-11-39(12-26-46)35-51(40-13-27-47(57-6)28-14-40)41-15-29-49(30-16-41)59-52(56)60-50-33-19-43(20-34-50)53(4,5)42-17-31-48(32-18-42)58-38(3)55/h7-35H,1-6H3. The van der Waals surface area contributed by atoms with Gasteiger partial charge in [0, 0.05) is 29.4 Å². The number of carbonyl (C=O) groups excluding carboxylic acids is 2. The molecule has 0 bridgehead atoms. The third-order valence-electron chi connectivity index (χ3n) is 10.4. The van der Waals surface area contributed by atoms with Gasteiger partial charge in [-0.2, -0.15) is 0 Å². The predicted molar refractivity (Wildman–Crippen MR) is 240 cm³/mol. The molecule has 0 fully saturated rings. The van der Waals surface area contributed by atoms with Crippen molar-refractivity contribution >= 4 is 40.8 Å². The first-order valence-corrected chi connectivity index (χ1v) is 19.7. The van der Waals surface area contributed by atoms with Crippen molar-refractivity contribution in [3.63, 3.8) is 0 Å². The molecule has 7 heteroatoms. The maximum atomic E-state index is 12.9. The normalized spacial score (nSPS) is 11.4. The Hall–Kier alpha value is -7.38. The van der Waals surface area contributed by atoms with Crippen LogP contribution in [0.3, 0.4) is 0 Å². The van der Waals surface area contributed by atoms with E-state index in [9.17, 15) is 9.59 Å². The van der Waals surface area contributed by atoms with Gasteiger partial charge in [-0.05, 0) is 138 Å². The van der Waals surface area contributed by atoms with E-state index >= 15 is 0 Å². The fourth-order valence-corrected chi connectivity index (χ4v) is 6.95. The number of ether oxygens (including phenoxy) is 4. The van der Waals surface area contributed by atoms with Crippen LogP contribution in [0, 0.1) is 13.8 Å². The fraction of sp³-hybridized carbons (Fsp3) is 0.132. The highest BCUT2D eigenvalue weighted by Crippen LogP contribution is 2.37. The van der Waals surface area contributed by atoms with E-state index in [1.807, 2.05) is 60.7 Å². The summed E-state index contributed by atoms with van der Waals surface area (Å²) in [7, 11) is 1.65. The Morgan fingerprint density at radius 2 is 0.850 bits per heavy atom. The third kappa shape index (κ3) is 9.83. The zero-order chi connectivity index (χ0) is 42.2. The monoisotopic (exact) mass is 793 g/mol. The first-order chi connectivity index (χ1) is 28.9. The number of aryl methyl sites for hydroxylation is 2. The van der Waals surface area contributed by atoms with Gasteiger partial charge in [0.15, 0.2) is 0 Å². The summed E-state index contributed by atoms with van der Waals surface area (Å²) in [6.45, 7) is 9.76. The average molecular weight is 794 g/mol.